The molecule has 2 aromatic rings. The number of aryl methyl sites for hydroxylation is 1. The molecular weight excluding hydrogens is 452 g/mol. The number of Topliss-reactive ketones (excluding diaryl/α,β-unsaturated/α-hetero) is 1. The van der Waals surface area contributed by atoms with Crippen molar-refractivity contribution in [3.8, 4) is 5.75 Å². The molecule has 9 nitrogen and oxygen atoms in total. The van der Waals surface area contributed by atoms with Crippen LogP contribution in [0, 0.1) is 6.92 Å². The largest absolute Gasteiger partial charge is 0.507 e. The first-order valence-corrected chi connectivity index (χ1v) is 10.8. The van der Waals surface area contributed by atoms with Crippen LogP contribution >= 0.6 is 0 Å². The summed E-state index contributed by atoms with van der Waals surface area (Å²) in [6.07, 6.45) is 2.39. The van der Waals surface area contributed by atoms with Gasteiger partial charge in [-0.05, 0) is 72.0 Å². The molecule has 0 unspecified atom stereocenters. The zero-order valence-corrected chi connectivity index (χ0v) is 18.2. The third-order valence-electron chi connectivity index (χ3n) is 5.05. The number of allylic oxidation sites excluding steroid dienone is 4. The molecule has 1 aliphatic rings. The van der Waals surface area contributed by atoms with E-state index in [4.69, 9.17) is 0 Å². The molecule has 170 valence electrons. The lowest BCUT2D eigenvalue weighted by Crippen LogP contribution is -2.17. The molecule has 0 atom stereocenters. The van der Waals surface area contributed by atoms with E-state index in [1.807, 2.05) is 0 Å². The maximum absolute atomic E-state index is 12.3. The van der Waals surface area contributed by atoms with Gasteiger partial charge in [0.25, 0.3) is 10.1 Å². The van der Waals surface area contributed by atoms with Crippen LogP contribution < -0.4 is 0 Å². The van der Waals surface area contributed by atoms with Gasteiger partial charge in [-0.25, -0.2) is 9.59 Å². The van der Waals surface area contributed by atoms with Gasteiger partial charge in [0.2, 0.25) is 0 Å². The normalized spacial score (nSPS) is 15.5. The highest BCUT2D eigenvalue weighted by Gasteiger charge is 2.27. The quantitative estimate of drug-likeness (QED) is 0.379. The molecule has 0 amide bonds. The molecule has 0 aromatic heterocycles. The zero-order valence-electron chi connectivity index (χ0n) is 17.4. The van der Waals surface area contributed by atoms with Crippen LogP contribution in [-0.4, -0.2) is 46.0 Å². The summed E-state index contributed by atoms with van der Waals surface area (Å²) in [6.45, 7) is 2.82. The van der Waals surface area contributed by atoms with E-state index in [0.717, 1.165) is 18.2 Å². The van der Waals surface area contributed by atoms with Crippen molar-refractivity contribution in [3.05, 3.63) is 87.5 Å². The lowest BCUT2D eigenvalue weighted by atomic mass is 9.85. The van der Waals surface area contributed by atoms with Crippen molar-refractivity contribution in [2.75, 3.05) is 0 Å². The summed E-state index contributed by atoms with van der Waals surface area (Å²) in [5.41, 5.74) is -0.628. The minimum atomic E-state index is -4.75. The van der Waals surface area contributed by atoms with E-state index >= 15 is 0 Å². The highest BCUT2D eigenvalue weighted by atomic mass is 32.2. The van der Waals surface area contributed by atoms with Crippen molar-refractivity contribution < 1.29 is 42.7 Å². The SMILES string of the molecule is CC1=C/C(=C(/c2cc(C)c(O)c(C(=O)O)c2)c2ccccc2S(=O)(=O)O)C=C(C(=O)O)C1=O. The third-order valence-corrected chi connectivity index (χ3v) is 5.96. The van der Waals surface area contributed by atoms with Gasteiger partial charge in [0, 0.05) is 5.56 Å². The van der Waals surface area contributed by atoms with Crippen LogP contribution in [0.1, 0.15) is 34.0 Å². The number of hydrogen-bond acceptors (Lipinski definition) is 6. The molecule has 0 saturated heterocycles. The van der Waals surface area contributed by atoms with Crippen LogP contribution in [0.5, 0.6) is 5.75 Å². The second kappa shape index (κ2) is 8.49. The maximum Gasteiger partial charge on any atom is 0.339 e. The first kappa shape index (κ1) is 23.6. The zero-order chi connectivity index (χ0) is 24.7. The van der Waals surface area contributed by atoms with E-state index in [-0.39, 0.29) is 33.4 Å². The van der Waals surface area contributed by atoms with Crippen LogP contribution in [-0.2, 0) is 19.7 Å². The lowest BCUT2D eigenvalue weighted by Gasteiger charge is -2.19. The number of carbonyl (C=O) groups is 3. The topological polar surface area (TPSA) is 166 Å². The summed E-state index contributed by atoms with van der Waals surface area (Å²) in [7, 11) is -4.75. The molecule has 0 spiro atoms. The molecule has 4 N–H and O–H groups in total. The number of carboxylic acid groups (broad SMARTS) is 2. The Morgan fingerprint density at radius 2 is 1.55 bits per heavy atom. The number of phenols is 1. The van der Waals surface area contributed by atoms with Gasteiger partial charge in [-0.2, -0.15) is 8.42 Å². The summed E-state index contributed by atoms with van der Waals surface area (Å²) >= 11 is 0. The van der Waals surface area contributed by atoms with E-state index in [1.165, 1.54) is 44.2 Å². The highest BCUT2D eigenvalue weighted by molar-refractivity contribution is 7.86. The Morgan fingerprint density at radius 3 is 2.12 bits per heavy atom. The monoisotopic (exact) mass is 470 g/mol. The van der Waals surface area contributed by atoms with Crippen LogP contribution in [0.3, 0.4) is 0 Å². The average molecular weight is 470 g/mol. The van der Waals surface area contributed by atoms with E-state index < -0.39 is 49.6 Å². The number of aliphatic carboxylic acids is 1. The summed E-state index contributed by atoms with van der Waals surface area (Å²) in [5.74, 6) is -4.18. The number of ketones is 1. The standard InChI is InChI=1S/C23H18O9S/c1-11-7-13(9-16(20(11)24)22(26)27)19(15-5-3-4-6-18(15)33(30,31)32)14-8-12(2)21(25)17(10-14)23(28)29/h3-10,24H,1-2H3,(H,26,27)(H,28,29)(H,30,31,32)/b19-14+. The van der Waals surface area contributed by atoms with Crippen LogP contribution in [0.25, 0.3) is 5.57 Å². The number of carboxylic acids is 2. The molecule has 2 aromatic carbocycles. The van der Waals surface area contributed by atoms with Crippen LogP contribution in [0.15, 0.2) is 70.2 Å². The number of benzene rings is 2. The molecule has 0 radical (unpaired) electrons. The minimum absolute atomic E-state index is 0.0411. The lowest BCUT2D eigenvalue weighted by molar-refractivity contribution is -0.134. The van der Waals surface area contributed by atoms with E-state index in [0.29, 0.717) is 0 Å². The van der Waals surface area contributed by atoms with Gasteiger partial charge < -0.3 is 15.3 Å². The van der Waals surface area contributed by atoms with Gasteiger partial charge in [0.05, 0.1) is 0 Å². The summed E-state index contributed by atoms with van der Waals surface area (Å²) in [5, 5.41) is 29.1. The summed E-state index contributed by atoms with van der Waals surface area (Å²) in [4.78, 5) is 35.1. The van der Waals surface area contributed by atoms with Crippen molar-refractivity contribution in [2.24, 2.45) is 0 Å². The van der Waals surface area contributed by atoms with E-state index in [9.17, 15) is 42.7 Å². The number of carbonyl (C=O) groups excluding carboxylic acids is 1. The van der Waals surface area contributed by atoms with Gasteiger partial charge in [0.15, 0.2) is 5.78 Å². The second-order valence-corrected chi connectivity index (χ2v) is 8.71. The molecule has 0 heterocycles. The van der Waals surface area contributed by atoms with Crippen molar-refractivity contribution in [2.45, 2.75) is 18.7 Å². The molecule has 1 aliphatic carbocycles. The predicted molar refractivity (Wildman–Crippen MR) is 117 cm³/mol. The van der Waals surface area contributed by atoms with Crippen molar-refractivity contribution >= 4 is 33.4 Å². The van der Waals surface area contributed by atoms with Crippen LogP contribution in [0.4, 0.5) is 0 Å². The Hall–Kier alpha value is -4.02. The predicted octanol–water partition coefficient (Wildman–Crippen LogP) is 2.99. The third kappa shape index (κ3) is 4.47. The number of aromatic hydroxyl groups is 1. The molecule has 3 rings (SSSR count). The van der Waals surface area contributed by atoms with Gasteiger partial charge in [-0.3, -0.25) is 9.35 Å². The molecule has 33 heavy (non-hydrogen) atoms. The smallest absolute Gasteiger partial charge is 0.339 e. The van der Waals surface area contributed by atoms with Gasteiger partial charge in [-0.1, -0.05) is 18.2 Å². The Morgan fingerprint density at radius 1 is 0.909 bits per heavy atom. The Balaban J connectivity index is 2.54. The van der Waals surface area contributed by atoms with Crippen molar-refractivity contribution in [1.82, 2.24) is 0 Å². The maximum atomic E-state index is 12.3. The number of aromatic carboxylic acids is 1. The first-order chi connectivity index (χ1) is 15.3. The highest BCUT2D eigenvalue weighted by Crippen LogP contribution is 2.38. The first-order valence-electron chi connectivity index (χ1n) is 9.39. The van der Waals surface area contributed by atoms with E-state index in [2.05, 4.69) is 0 Å². The number of rotatable bonds is 5. The molecule has 0 saturated carbocycles. The Labute approximate surface area is 188 Å². The average Bonchev–Trinajstić information content (AvgIpc) is 2.72. The summed E-state index contributed by atoms with van der Waals surface area (Å²) in [6, 6.07) is 7.80. The minimum Gasteiger partial charge on any atom is -0.507 e. The Bertz CT molecular complexity index is 1420. The molecule has 0 bridgehead atoms. The molecule has 0 aliphatic heterocycles. The van der Waals surface area contributed by atoms with E-state index in [1.54, 1.807) is 0 Å². The van der Waals surface area contributed by atoms with Gasteiger partial charge >= 0.3 is 11.9 Å². The van der Waals surface area contributed by atoms with Crippen molar-refractivity contribution in [3.63, 3.8) is 0 Å². The second-order valence-electron chi connectivity index (χ2n) is 7.32. The fourth-order valence-corrected chi connectivity index (χ4v) is 4.24. The molecular formula is C23H18O9S. The fourth-order valence-electron chi connectivity index (χ4n) is 3.54. The van der Waals surface area contributed by atoms with Crippen molar-refractivity contribution in [1.29, 1.82) is 0 Å². The molecule has 10 heteroatoms. The fraction of sp³-hybridized carbons (Fsp3) is 0.0870. The van der Waals surface area contributed by atoms with Gasteiger partial charge in [0.1, 0.15) is 21.8 Å². The van der Waals surface area contributed by atoms with Crippen LogP contribution in [0.2, 0.25) is 0 Å². The molecule has 0 fully saturated rings. The Kier molecular flexibility index (Phi) is 6.08. The summed E-state index contributed by atoms with van der Waals surface area (Å²) < 4.78 is 33.9. The number of hydrogen-bond donors (Lipinski definition) is 4. The van der Waals surface area contributed by atoms with Gasteiger partial charge in [-0.15, -0.1) is 0 Å².